The molecule has 1 aromatic rings. The molecule has 160 valence electrons. The number of anilines is 1. The van der Waals surface area contributed by atoms with Gasteiger partial charge in [-0.15, -0.1) is 0 Å². The molecule has 0 amide bonds. The number of nitrogens with one attached hydrogen (secondary N) is 1. The zero-order valence-electron chi connectivity index (χ0n) is 17.8. The minimum absolute atomic E-state index is 0.108. The molecular weight excluding hydrogens is 374 g/mol. The molecule has 0 aromatic heterocycles. The zero-order valence-corrected chi connectivity index (χ0v) is 17.8. The summed E-state index contributed by atoms with van der Waals surface area (Å²) < 4.78 is 10.8. The summed E-state index contributed by atoms with van der Waals surface area (Å²) in [5.74, 6) is 0.0435. The monoisotopic (exact) mass is 405 g/mol. The van der Waals surface area contributed by atoms with Gasteiger partial charge in [0.1, 0.15) is 17.1 Å². The molecule has 0 heterocycles. The molecule has 0 radical (unpaired) electrons. The highest BCUT2D eigenvalue weighted by Crippen LogP contribution is 2.39. The second kappa shape index (κ2) is 11.4. The van der Waals surface area contributed by atoms with Gasteiger partial charge in [-0.1, -0.05) is 20.3 Å². The van der Waals surface area contributed by atoms with Gasteiger partial charge in [0.25, 0.3) is 0 Å². The van der Waals surface area contributed by atoms with E-state index in [-0.39, 0.29) is 35.8 Å². The molecule has 29 heavy (non-hydrogen) atoms. The van der Waals surface area contributed by atoms with Gasteiger partial charge in [0, 0.05) is 12.1 Å². The van der Waals surface area contributed by atoms with Crippen LogP contribution in [0.1, 0.15) is 53.4 Å². The van der Waals surface area contributed by atoms with Gasteiger partial charge in [-0.2, -0.15) is 9.59 Å². The van der Waals surface area contributed by atoms with E-state index in [0.29, 0.717) is 12.8 Å². The summed E-state index contributed by atoms with van der Waals surface area (Å²) in [5.41, 5.74) is -0.297. The molecule has 1 aliphatic carbocycles. The Bertz CT molecular complexity index is 707. The maximum atomic E-state index is 13.2. The van der Waals surface area contributed by atoms with Crippen LogP contribution in [0.4, 0.5) is 5.69 Å². The highest BCUT2D eigenvalue weighted by molar-refractivity contribution is 5.95. The summed E-state index contributed by atoms with van der Waals surface area (Å²) in [6.45, 7) is 7.61. The van der Waals surface area contributed by atoms with Crippen LogP contribution in [-0.4, -0.2) is 36.7 Å². The first-order valence-electron chi connectivity index (χ1n) is 9.88. The van der Waals surface area contributed by atoms with Crippen LogP contribution in [0, 0.1) is 11.8 Å². The number of rotatable bonds is 7. The first-order chi connectivity index (χ1) is 13.7. The number of carbonyl (C=O) groups is 2. The van der Waals surface area contributed by atoms with Gasteiger partial charge in [0.05, 0.1) is 19.1 Å². The van der Waals surface area contributed by atoms with Crippen molar-refractivity contribution in [2.75, 3.05) is 12.4 Å². The Morgan fingerprint density at radius 1 is 1.14 bits per heavy atom. The van der Waals surface area contributed by atoms with Crippen molar-refractivity contribution < 1.29 is 28.7 Å². The Hall–Kier alpha value is -2.66. The number of benzene rings is 1. The van der Waals surface area contributed by atoms with Gasteiger partial charge in [0.15, 0.2) is 0 Å². The largest absolute Gasteiger partial charge is 0.497 e. The quantitative estimate of drug-likeness (QED) is 0.692. The van der Waals surface area contributed by atoms with E-state index in [9.17, 15) is 9.59 Å². The summed E-state index contributed by atoms with van der Waals surface area (Å²) in [6.07, 6.45) is 3.08. The van der Waals surface area contributed by atoms with E-state index in [1.165, 1.54) is 0 Å². The summed E-state index contributed by atoms with van der Waals surface area (Å²) in [5, 5.41) is 3.40. The van der Waals surface area contributed by atoms with Crippen LogP contribution < -0.4 is 10.1 Å². The van der Waals surface area contributed by atoms with Crippen LogP contribution in [0.3, 0.4) is 0 Å². The molecular formula is C22H31NO6. The topological polar surface area (TPSA) is 98.8 Å². The third kappa shape index (κ3) is 6.16. The van der Waals surface area contributed by atoms with Crippen molar-refractivity contribution in [1.29, 1.82) is 0 Å². The van der Waals surface area contributed by atoms with E-state index in [1.807, 2.05) is 52.0 Å². The standard InChI is InChI=1S/C21H31NO4.CO2/c1-14(2)21(20(24)26-15(3)4,18-8-6-7-9-19(18)23)22-16-10-12-17(25-5)13-11-16;2-1-3/h10-15,18,22H,6-9H2,1-5H3;. The van der Waals surface area contributed by atoms with Crippen LogP contribution in [-0.2, 0) is 23.9 Å². The lowest BCUT2D eigenvalue weighted by atomic mass is 9.68. The Morgan fingerprint density at radius 2 is 1.72 bits per heavy atom. The van der Waals surface area contributed by atoms with E-state index in [1.54, 1.807) is 7.11 Å². The van der Waals surface area contributed by atoms with Gasteiger partial charge in [0.2, 0.25) is 0 Å². The van der Waals surface area contributed by atoms with Crippen molar-refractivity contribution in [2.24, 2.45) is 11.8 Å². The summed E-state index contributed by atoms with van der Waals surface area (Å²) >= 11 is 0. The molecule has 2 unspecified atom stereocenters. The SMILES string of the molecule is COc1ccc(NC(C(=O)OC(C)C)(C(C)C)C2CCCCC2=O)cc1.O=C=O. The molecule has 1 fully saturated rings. The van der Waals surface area contributed by atoms with Crippen molar-refractivity contribution in [3.05, 3.63) is 24.3 Å². The lowest BCUT2D eigenvalue weighted by Crippen LogP contribution is -2.60. The molecule has 0 saturated heterocycles. The number of ether oxygens (including phenoxy) is 2. The Kier molecular flexibility index (Phi) is 9.56. The smallest absolute Gasteiger partial charge is 0.373 e. The minimum Gasteiger partial charge on any atom is -0.497 e. The van der Waals surface area contributed by atoms with Crippen LogP contribution in [0.5, 0.6) is 5.75 Å². The lowest BCUT2D eigenvalue weighted by molar-refractivity contribution is -0.191. The maximum Gasteiger partial charge on any atom is 0.373 e. The number of esters is 1. The van der Waals surface area contributed by atoms with Crippen molar-refractivity contribution in [3.8, 4) is 5.75 Å². The van der Waals surface area contributed by atoms with E-state index in [0.717, 1.165) is 24.3 Å². The molecule has 0 aliphatic heterocycles. The predicted molar refractivity (Wildman–Crippen MR) is 107 cm³/mol. The van der Waals surface area contributed by atoms with Crippen molar-refractivity contribution in [1.82, 2.24) is 0 Å². The molecule has 1 N–H and O–H groups in total. The van der Waals surface area contributed by atoms with Gasteiger partial charge in [-0.3, -0.25) is 4.79 Å². The van der Waals surface area contributed by atoms with Gasteiger partial charge in [-0.25, -0.2) is 4.79 Å². The molecule has 2 rings (SSSR count). The average molecular weight is 405 g/mol. The highest BCUT2D eigenvalue weighted by atomic mass is 16.5. The Morgan fingerprint density at radius 3 is 2.17 bits per heavy atom. The molecule has 1 aromatic carbocycles. The predicted octanol–water partition coefficient (Wildman–Crippen LogP) is 3.63. The molecule has 0 bridgehead atoms. The second-order valence-electron chi connectivity index (χ2n) is 7.68. The van der Waals surface area contributed by atoms with Crippen molar-refractivity contribution >= 4 is 23.6 Å². The van der Waals surface area contributed by atoms with E-state index >= 15 is 0 Å². The van der Waals surface area contributed by atoms with Crippen LogP contribution >= 0.6 is 0 Å². The summed E-state index contributed by atoms with van der Waals surface area (Å²) in [4.78, 5) is 42.2. The van der Waals surface area contributed by atoms with Crippen LogP contribution in [0.2, 0.25) is 0 Å². The molecule has 1 saturated carbocycles. The molecule has 1 aliphatic rings. The van der Waals surface area contributed by atoms with Gasteiger partial charge >= 0.3 is 12.1 Å². The highest BCUT2D eigenvalue weighted by Gasteiger charge is 2.53. The van der Waals surface area contributed by atoms with Crippen LogP contribution in [0.25, 0.3) is 0 Å². The second-order valence-corrected chi connectivity index (χ2v) is 7.68. The number of ketones is 1. The number of hydrogen-bond acceptors (Lipinski definition) is 7. The fourth-order valence-corrected chi connectivity index (χ4v) is 3.75. The molecule has 2 atom stereocenters. The fourth-order valence-electron chi connectivity index (χ4n) is 3.75. The summed E-state index contributed by atoms with van der Waals surface area (Å²) in [6, 6.07) is 7.41. The average Bonchev–Trinajstić information content (AvgIpc) is 2.67. The number of hydrogen-bond donors (Lipinski definition) is 1. The molecule has 0 spiro atoms. The lowest BCUT2D eigenvalue weighted by Gasteiger charge is -2.44. The number of Topliss-reactive ketones (excluding diaryl/α,β-unsaturated/α-hetero) is 1. The zero-order chi connectivity index (χ0) is 22.0. The van der Waals surface area contributed by atoms with Crippen LogP contribution in [0.15, 0.2) is 24.3 Å². The van der Waals surface area contributed by atoms with Crippen molar-refractivity contribution in [3.63, 3.8) is 0 Å². The third-order valence-electron chi connectivity index (χ3n) is 5.14. The summed E-state index contributed by atoms with van der Waals surface area (Å²) in [7, 11) is 1.61. The Balaban J connectivity index is 0.00000132. The normalized spacial score (nSPS) is 18.2. The number of carbonyl (C=O) groups excluding carboxylic acids is 4. The third-order valence-corrected chi connectivity index (χ3v) is 5.14. The van der Waals surface area contributed by atoms with Gasteiger partial charge in [-0.05, 0) is 56.9 Å². The van der Waals surface area contributed by atoms with E-state index in [4.69, 9.17) is 19.1 Å². The van der Waals surface area contributed by atoms with Gasteiger partial charge < -0.3 is 14.8 Å². The van der Waals surface area contributed by atoms with Crippen molar-refractivity contribution in [2.45, 2.75) is 65.0 Å². The molecule has 7 heteroatoms. The first-order valence-corrected chi connectivity index (χ1v) is 9.88. The van der Waals surface area contributed by atoms with E-state index in [2.05, 4.69) is 5.32 Å². The molecule has 7 nitrogen and oxygen atoms in total. The number of methoxy groups -OCH3 is 1. The maximum absolute atomic E-state index is 13.2. The van der Waals surface area contributed by atoms with E-state index < -0.39 is 5.54 Å². The fraction of sp³-hybridized carbons (Fsp3) is 0.591. The first kappa shape index (κ1) is 24.4. The Labute approximate surface area is 172 Å². The minimum atomic E-state index is -1.07.